The van der Waals surface area contributed by atoms with E-state index < -0.39 is 39.0 Å². The number of hydrogen-bond donors (Lipinski definition) is 3. The van der Waals surface area contributed by atoms with Crippen molar-refractivity contribution in [3.8, 4) is 5.75 Å². The van der Waals surface area contributed by atoms with Crippen LogP contribution in [0.3, 0.4) is 0 Å². The van der Waals surface area contributed by atoms with Crippen LogP contribution in [0.15, 0.2) is 117 Å². The summed E-state index contributed by atoms with van der Waals surface area (Å²) < 4.78 is 54.0. The van der Waals surface area contributed by atoms with Gasteiger partial charge in [-0.15, -0.1) is 0 Å². The van der Waals surface area contributed by atoms with Crippen molar-refractivity contribution in [2.75, 3.05) is 19.0 Å². The van der Waals surface area contributed by atoms with Crippen molar-refractivity contribution in [3.63, 3.8) is 0 Å². The second-order valence-corrected chi connectivity index (χ2v) is 13.6. The maximum Gasteiger partial charge on any atom is 0.266 e. The van der Waals surface area contributed by atoms with E-state index in [4.69, 9.17) is 19.6 Å². The molecular weight excluding hydrogens is 677 g/mol. The highest BCUT2D eigenvalue weighted by molar-refractivity contribution is 9.10. The highest BCUT2D eigenvalue weighted by Gasteiger charge is 2.54. The highest BCUT2D eigenvalue weighted by atomic mass is 79.9. The van der Waals surface area contributed by atoms with Gasteiger partial charge in [-0.2, -0.15) is 0 Å². The number of carbonyl (C=O) groups is 1. The van der Waals surface area contributed by atoms with Gasteiger partial charge in [-0.1, -0.05) is 70.5 Å². The van der Waals surface area contributed by atoms with Gasteiger partial charge in [-0.3, -0.25) is 10.2 Å². The third-order valence-electron chi connectivity index (χ3n) is 7.51. The summed E-state index contributed by atoms with van der Waals surface area (Å²) in [6, 6.07) is 28.3. The number of amides is 1. The van der Waals surface area contributed by atoms with E-state index in [1.165, 1.54) is 18.2 Å². The maximum atomic E-state index is 14.3. The van der Waals surface area contributed by atoms with Crippen LogP contribution in [0.25, 0.3) is 0 Å². The number of aliphatic hydroxyl groups excluding tert-OH is 1. The van der Waals surface area contributed by atoms with E-state index in [1.807, 2.05) is 6.07 Å². The Morgan fingerprint density at radius 3 is 2.39 bits per heavy atom. The molecule has 1 aliphatic rings. The van der Waals surface area contributed by atoms with Crippen molar-refractivity contribution in [3.05, 3.63) is 130 Å². The van der Waals surface area contributed by atoms with Crippen LogP contribution in [0, 0.1) is 5.82 Å². The van der Waals surface area contributed by atoms with E-state index in [0.717, 1.165) is 0 Å². The van der Waals surface area contributed by atoms with E-state index in [-0.39, 0.29) is 30.4 Å². The van der Waals surface area contributed by atoms with E-state index in [1.54, 1.807) is 78.9 Å². The molecule has 0 saturated heterocycles. The Kier molecular flexibility index (Phi) is 10.8. The quantitative estimate of drug-likeness (QED) is 0.120. The molecule has 0 bridgehead atoms. The number of benzene rings is 4. The van der Waals surface area contributed by atoms with E-state index in [0.29, 0.717) is 39.9 Å². The first-order valence-electron chi connectivity index (χ1n) is 14.6. The first-order chi connectivity index (χ1) is 22.2. The van der Waals surface area contributed by atoms with Gasteiger partial charge in [0.05, 0.1) is 17.3 Å². The number of sulfone groups is 1. The number of carbonyl (C=O) groups excluding carboxylic acids is 1. The fourth-order valence-corrected chi connectivity index (χ4v) is 6.92. The number of rotatable bonds is 14. The Morgan fingerprint density at radius 1 is 0.978 bits per heavy atom. The summed E-state index contributed by atoms with van der Waals surface area (Å²) in [5, 5.41) is 9.04. The Balaban J connectivity index is 1.53. The zero-order valence-electron chi connectivity index (χ0n) is 24.7. The van der Waals surface area contributed by atoms with Crippen LogP contribution in [-0.4, -0.2) is 49.8 Å². The van der Waals surface area contributed by atoms with Crippen LogP contribution >= 0.6 is 15.9 Å². The molecule has 2 atom stereocenters. The van der Waals surface area contributed by atoms with Crippen LogP contribution < -0.4 is 15.6 Å². The Bertz CT molecular complexity index is 1790. The molecule has 1 aliphatic heterocycles. The van der Waals surface area contributed by atoms with Gasteiger partial charge in [0.1, 0.15) is 11.6 Å². The molecule has 0 spiro atoms. The molecule has 1 heterocycles. The van der Waals surface area contributed by atoms with Crippen LogP contribution in [0.5, 0.6) is 5.75 Å². The predicted molar refractivity (Wildman–Crippen MR) is 175 cm³/mol. The molecule has 12 heteroatoms. The third kappa shape index (κ3) is 7.64. The van der Waals surface area contributed by atoms with Crippen molar-refractivity contribution in [2.24, 2.45) is 4.99 Å². The van der Waals surface area contributed by atoms with Crippen molar-refractivity contribution >= 4 is 37.6 Å². The number of nitrogens with zero attached hydrogens (tertiary/aromatic N) is 1. The van der Waals surface area contributed by atoms with E-state index in [2.05, 4.69) is 26.8 Å². The number of aliphatic imine (C=N–C) groups is 1. The average Bonchev–Trinajstić information content (AvgIpc) is 3.46. The lowest BCUT2D eigenvalue weighted by molar-refractivity contribution is -0.130. The van der Waals surface area contributed by atoms with E-state index >= 15 is 0 Å². The van der Waals surface area contributed by atoms with Crippen molar-refractivity contribution in [2.45, 2.75) is 35.9 Å². The fourth-order valence-electron chi connectivity index (χ4n) is 5.04. The normalized spacial score (nSPS) is 17.6. The molecule has 0 aliphatic carbocycles. The Labute approximate surface area is 275 Å². The van der Waals surface area contributed by atoms with Gasteiger partial charge in [0.2, 0.25) is 5.90 Å². The highest BCUT2D eigenvalue weighted by Crippen LogP contribution is 2.45. The smallest absolute Gasteiger partial charge is 0.266 e. The number of hydrazine groups is 1. The standard InChI is InChI=1S/C34H33BrFN3O6S/c35-29-13-6-5-12-28(29)31-34(19-22-46(42,43)27-10-2-1-3-11-27,33(41)39-37-23-25-9-4-7-14-30(25)36)38-32(45-31)24-15-17-26(18-16-24)44-21-8-20-40/h1-7,9-18,31,37,40H,8,19-23H2,(H,39,41)/t31-,34-/m0/s1. The summed E-state index contributed by atoms with van der Waals surface area (Å²) in [7, 11) is -3.82. The molecule has 3 N–H and O–H groups in total. The number of ether oxygens (including phenoxy) is 2. The van der Waals surface area contributed by atoms with Crippen molar-refractivity contribution in [1.82, 2.24) is 10.9 Å². The summed E-state index contributed by atoms with van der Waals surface area (Å²) in [5.74, 6) is -0.771. The molecule has 0 aromatic heterocycles. The van der Waals surface area contributed by atoms with Crippen LogP contribution in [0.2, 0.25) is 0 Å². The SMILES string of the molecule is O=C(NNCc1ccccc1F)[C@@]1(CCS(=O)(=O)c2ccccc2)N=C(c2ccc(OCCCO)cc2)O[C@H]1c1ccccc1Br. The molecule has 240 valence electrons. The van der Waals surface area contributed by atoms with Gasteiger partial charge in [-0.25, -0.2) is 23.2 Å². The van der Waals surface area contributed by atoms with Crippen molar-refractivity contribution < 1.29 is 32.2 Å². The lowest BCUT2D eigenvalue weighted by Crippen LogP contribution is -2.53. The molecule has 4 aromatic carbocycles. The Hall–Kier alpha value is -4.10. The minimum Gasteiger partial charge on any atom is -0.494 e. The third-order valence-corrected chi connectivity index (χ3v) is 9.96. The molecule has 0 saturated carbocycles. The van der Waals surface area contributed by atoms with Crippen LogP contribution in [0.1, 0.15) is 35.6 Å². The zero-order chi connectivity index (χ0) is 32.6. The monoisotopic (exact) mass is 709 g/mol. The van der Waals surface area contributed by atoms with Gasteiger partial charge >= 0.3 is 0 Å². The van der Waals surface area contributed by atoms with Crippen LogP contribution in [0.4, 0.5) is 4.39 Å². The molecule has 0 unspecified atom stereocenters. The number of aliphatic hydroxyl groups is 1. The molecule has 9 nitrogen and oxygen atoms in total. The second-order valence-electron chi connectivity index (χ2n) is 10.6. The molecule has 0 fully saturated rings. The minimum atomic E-state index is -3.82. The fraction of sp³-hybridized carbons (Fsp3) is 0.235. The summed E-state index contributed by atoms with van der Waals surface area (Å²) in [4.78, 5) is 19.2. The summed E-state index contributed by atoms with van der Waals surface area (Å²) >= 11 is 3.57. The number of halogens is 2. The van der Waals surface area contributed by atoms with Crippen molar-refractivity contribution in [1.29, 1.82) is 0 Å². The number of hydrogen-bond acceptors (Lipinski definition) is 8. The summed E-state index contributed by atoms with van der Waals surface area (Å²) in [5.41, 5.74) is 5.16. The first-order valence-corrected chi connectivity index (χ1v) is 17.1. The van der Waals surface area contributed by atoms with Gasteiger partial charge in [0.15, 0.2) is 21.5 Å². The molecule has 5 rings (SSSR count). The molecule has 0 radical (unpaired) electrons. The van der Waals surface area contributed by atoms with Crippen LogP contribution in [-0.2, 0) is 25.9 Å². The van der Waals surface area contributed by atoms with Gasteiger partial charge < -0.3 is 14.6 Å². The average molecular weight is 711 g/mol. The maximum absolute atomic E-state index is 14.3. The Morgan fingerprint density at radius 2 is 1.67 bits per heavy atom. The largest absolute Gasteiger partial charge is 0.494 e. The second kappa shape index (κ2) is 15.0. The zero-order valence-corrected chi connectivity index (χ0v) is 27.1. The molecule has 46 heavy (non-hydrogen) atoms. The topological polar surface area (TPSA) is 126 Å². The van der Waals surface area contributed by atoms with Gasteiger partial charge in [0, 0.05) is 47.2 Å². The summed E-state index contributed by atoms with van der Waals surface area (Å²) in [6.45, 7) is 0.334. The lowest BCUT2D eigenvalue weighted by Gasteiger charge is -2.31. The molecule has 4 aromatic rings. The number of nitrogens with one attached hydrogen (secondary N) is 2. The van der Waals surface area contributed by atoms with E-state index in [9.17, 15) is 17.6 Å². The lowest BCUT2D eigenvalue weighted by atomic mass is 9.85. The van der Waals surface area contributed by atoms with Gasteiger partial charge in [-0.05, 0) is 48.5 Å². The van der Waals surface area contributed by atoms with Gasteiger partial charge in [0.25, 0.3) is 5.91 Å². The summed E-state index contributed by atoms with van der Waals surface area (Å²) in [6.07, 6.45) is -0.769. The predicted octanol–water partition coefficient (Wildman–Crippen LogP) is 5.29. The minimum absolute atomic E-state index is 0.0124. The first kappa shape index (κ1) is 33.3. The molecule has 1 amide bonds. The molecular formula is C34H33BrFN3O6S.